The number of rotatable bonds is 0. The van der Waals surface area contributed by atoms with Crippen molar-refractivity contribution in [2.75, 3.05) is 6.61 Å². The van der Waals surface area contributed by atoms with Gasteiger partial charge in [0.1, 0.15) is 5.75 Å². The van der Waals surface area contributed by atoms with Gasteiger partial charge in [0.2, 0.25) is 0 Å². The van der Waals surface area contributed by atoms with E-state index in [-0.39, 0.29) is 0 Å². The third-order valence-corrected chi connectivity index (χ3v) is 3.84. The van der Waals surface area contributed by atoms with Crippen LogP contribution in [0.2, 0.25) is 0 Å². The van der Waals surface area contributed by atoms with Crippen LogP contribution < -0.4 is 10.5 Å². The van der Waals surface area contributed by atoms with Crippen molar-refractivity contribution >= 4 is 0 Å². The Labute approximate surface area is 84.1 Å². The molecule has 74 valence electrons. The second-order valence-corrected chi connectivity index (χ2v) is 4.47. The summed E-state index contributed by atoms with van der Waals surface area (Å²) in [5, 5.41) is 0. The minimum atomic E-state index is 0.327. The third-order valence-electron chi connectivity index (χ3n) is 3.84. The summed E-state index contributed by atoms with van der Waals surface area (Å²) < 4.78 is 5.70. The highest BCUT2D eigenvalue weighted by atomic mass is 16.5. The van der Waals surface area contributed by atoms with Crippen LogP contribution in [0.5, 0.6) is 5.75 Å². The summed E-state index contributed by atoms with van der Waals surface area (Å²) in [6.07, 6.45) is 0. The molecule has 1 heterocycles. The molecule has 1 aliphatic heterocycles. The molecule has 1 aromatic carbocycles. The van der Waals surface area contributed by atoms with Crippen LogP contribution in [0.15, 0.2) is 24.3 Å². The van der Waals surface area contributed by atoms with E-state index in [2.05, 4.69) is 25.1 Å². The normalized spacial score (nSPS) is 39.0. The van der Waals surface area contributed by atoms with Gasteiger partial charge in [0.15, 0.2) is 0 Å². The van der Waals surface area contributed by atoms with Crippen molar-refractivity contribution in [3.63, 3.8) is 0 Å². The Balaban J connectivity index is 2.03. The summed E-state index contributed by atoms with van der Waals surface area (Å²) in [6, 6.07) is 8.67. The van der Waals surface area contributed by atoms with Crippen LogP contribution in [0.25, 0.3) is 0 Å². The molecule has 1 fully saturated rings. The summed E-state index contributed by atoms with van der Waals surface area (Å²) >= 11 is 0. The highest BCUT2D eigenvalue weighted by molar-refractivity contribution is 5.41. The SMILES string of the molecule is CC1C(N)C2COc3ccccc3C12. The summed E-state index contributed by atoms with van der Waals surface area (Å²) in [7, 11) is 0. The van der Waals surface area contributed by atoms with Crippen LogP contribution >= 0.6 is 0 Å². The summed E-state index contributed by atoms with van der Waals surface area (Å²) in [5.74, 6) is 2.84. The molecule has 2 aliphatic rings. The first kappa shape index (κ1) is 8.30. The largest absolute Gasteiger partial charge is 0.493 e. The van der Waals surface area contributed by atoms with Gasteiger partial charge >= 0.3 is 0 Å². The molecular weight excluding hydrogens is 174 g/mol. The first-order chi connectivity index (χ1) is 6.79. The van der Waals surface area contributed by atoms with Crippen molar-refractivity contribution in [3.8, 4) is 5.75 Å². The molecule has 0 radical (unpaired) electrons. The molecule has 2 heteroatoms. The van der Waals surface area contributed by atoms with Crippen molar-refractivity contribution < 1.29 is 4.74 Å². The Kier molecular flexibility index (Phi) is 1.62. The predicted molar refractivity (Wildman–Crippen MR) is 55.3 cm³/mol. The number of ether oxygens (including phenoxy) is 1. The fourth-order valence-corrected chi connectivity index (χ4v) is 2.92. The van der Waals surface area contributed by atoms with Gasteiger partial charge in [-0.25, -0.2) is 0 Å². The van der Waals surface area contributed by atoms with Crippen LogP contribution in [0.3, 0.4) is 0 Å². The lowest BCUT2D eigenvalue weighted by atomic mass is 9.58. The molecule has 0 amide bonds. The van der Waals surface area contributed by atoms with Crippen LogP contribution in [0, 0.1) is 11.8 Å². The Hall–Kier alpha value is -1.02. The second kappa shape index (κ2) is 2.74. The molecule has 2 N–H and O–H groups in total. The van der Waals surface area contributed by atoms with Gasteiger partial charge in [-0.2, -0.15) is 0 Å². The second-order valence-electron chi connectivity index (χ2n) is 4.47. The van der Waals surface area contributed by atoms with Gasteiger partial charge in [-0.15, -0.1) is 0 Å². The van der Waals surface area contributed by atoms with E-state index in [1.54, 1.807) is 0 Å². The van der Waals surface area contributed by atoms with Crippen LogP contribution in [-0.4, -0.2) is 12.6 Å². The minimum absolute atomic E-state index is 0.327. The molecule has 0 saturated heterocycles. The Morgan fingerprint density at radius 2 is 2.14 bits per heavy atom. The molecule has 1 aromatic rings. The molecule has 0 bridgehead atoms. The monoisotopic (exact) mass is 189 g/mol. The molecule has 3 rings (SSSR count). The summed E-state index contributed by atoms with van der Waals surface area (Å²) in [6.45, 7) is 3.04. The average Bonchev–Trinajstić information content (AvgIpc) is 2.26. The Morgan fingerprint density at radius 3 is 3.00 bits per heavy atom. The number of nitrogens with two attached hydrogens (primary N) is 1. The van der Waals surface area contributed by atoms with Crippen molar-refractivity contribution in [2.45, 2.75) is 18.9 Å². The van der Waals surface area contributed by atoms with Crippen LogP contribution in [-0.2, 0) is 0 Å². The lowest BCUT2D eigenvalue weighted by Gasteiger charge is -2.51. The molecule has 0 aromatic heterocycles. The minimum Gasteiger partial charge on any atom is -0.493 e. The molecular formula is C12H15NO. The zero-order valence-corrected chi connectivity index (χ0v) is 8.31. The number of hydrogen-bond donors (Lipinski definition) is 1. The van der Waals surface area contributed by atoms with Gasteiger partial charge in [-0.1, -0.05) is 25.1 Å². The maximum absolute atomic E-state index is 6.05. The standard InChI is InChI=1S/C12H15NO/c1-7-11-8-4-2-3-5-10(8)14-6-9(11)12(7)13/h2-5,7,9,11-12H,6,13H2,1H3. The summed E-state index contributed by atoms with van der Waals surface area (Å²) in [5.41, 5.74) is 7.41. The van der Waals surface area contributed by atoms with Gasteiger partial charge in [-0.3, -0.25) is 0 Å². The van der Waals surface area contributed by atoms with E-state index in [0.29, 0.717) is 23.8 Å². The van der Waals surface area contributed by atoms with Crippen molar-refractivity contribution in [2.24, 2.45) is 17.6 Å². The first-order valence-electron chi connectivity index (χ1n) is 5.26. The van der Waals surface area contributed by atoms with Crippen LogP contribution in [0.1, 0.15) is 18.4 Å². The number of para-hydroxylation sites is 1. The zero-order valence-electron chi connectivity index (χ0n) is 8.31. The zero-order chi connectivity index (χ0) is 9.71. The maximum Gasteiger partial charge on any atom is 0.122 e. The average molecular weight is 189 g/mol. The third kappa shape index (κ3) is 0.894. The number of benzene rings is 1. The number of fused-ring (bicyclic) bond motifs is 3. The van der Waals surface area contributed by atoms with Crippen molar-refractivity contribution in [1.82, 2.24) is 0 Å². The van der Waals surface area contributed by atoms with Crippen molar-refractivity contribution in [1.29, 1.82) is 0 Å². The quantitative estimate of drug-likeness (QED) is 0.675. The lowest BCUT2D eigenvalue weighted by Crippen LogP contribution is -2.57. The molecule has 0 spiro atoms. The molecule has 4 unspecified atom stereocenters. The fourth-order valence-electron chi connectivity index (χ4n) is 2.92. The van der Waals surface area contributed by atoms with Gasteiger partial charge < -0.3 is 10.5 Å². The van der Waals surface area contributed by atoms with Gasteiger partial charge in [0, 0.05) is 12.0 Å². The highest BCUT2D eigenvalue weighted by Gasteiger charge is 2.49. The van der Waals surface area contributed by atoms with Gasteiger partial charge in [-0.05, 0) is 23.5 Å². The highest BCUT2D eigenvalue weighted by Crippen LogP contribution is 2.51. The summed E-state index contributed by atoms with van der Waals surface area (Å²) in [4.78, 5) is 0. The molecule has 2 nitrogen and oxygen atoms in total. The van der Waals surface area contributed by atoms with E-state index >= 15 is 0 Å². The Bertz CT molecular complexity index is 363. The maximum atomic E-state index is 6.05. The lowest BCUT2D eigenvalue weighted by molar-refractivity contribution is 0.0411. The fraction of sp³-hybridized carbons (Fsp3) is 0.500. The Morgan fingerprint density at radius 1 is 1.36 bits per heavy atom. The van der Waals surface area contributed by atoms with E-state index in [9.17, 15) is 0 Å². The topological polar surface area (TPSA) is 35.2 Å². The van der Waals surface area contributed by atoms with E-state index in [1.165, 1.54) is 5.56 Å². The van der Waals surface area contributed by atoms with E-state index in [0.717, 1.165) is 12.4 Å². The van der Waals surface area contributed by atoms with E-state index < -0.39 is 0 Å². The molecule has 14 heavy (non-hydrogen) atoms. The molecule has 1 aliphatic carbocycles. The van der Waals surface area contributed by atoms with Crippen LogP contribution in [0.4, 0.5) is 0 Å². The predicted octanol–water partition coefficient (Wildman–Crippen LogP) is 1.76. The van der Waals surface area contributed by atoms with Gasteiger partial charge in [0.25, 0.3) is 0 Å². The first-order valence-corrected chi connectivity index (χ1v) is 5.26. The van der Waals surface area contributed by atoms with Crippen molar-refractivity contribution in [3.05, 3.63) is 29.8 Å². The van der Waals surface area contributed by atoms with Gasteiger partial charge in [0.05, 0.1) is 6.61 Å². The van der Waals surface area contributed by atoms with E-state index in [4.69, 9.17) is 10.5 Å². The molecule has 4 atom stereocenters. The molecule has 1 saturated carbocycles. The van der Waals surface area contributed by atoms with E-state index in [1.807, 2.05) is 6.07 Å². The number of hydrogen-bond acceptors (Lipinski definition) is 2. The smallest absolute Gasteiger partial charge is 0.122 e.